The average molecular weight is 550 g/mol. The van der Waals surface area contributed by atoms with Gasteiger partial charge >= 0.3 is 0 Å². The summed E-state index contributed by atoms with van der Waals surface area (Å²) in [6.07, 6.45) is 10.9. The summed E-state index contributed by atoms with van der Waals surface area (Å²) in [6.45, 7) is 6.30. The number of terminal acetylenes is 1. The second-order valence-electron chi connectivity index (χ2n) is 7.70. The van der Waals surface area contributed by atoms with Gasteiger partial charge in [-0.25, -0.2) is 8.78 Å². The van der Waals surface area contributed by atoms with Gasteiger partial charge < -0.3 is 20.3 Å². The minimum atomic E-state index is -0.654. The Morgan fingerprint density at radius 1 is 1.18 bits per heavy atom. The Labute approximate surface area is 230 Å². The molecule has 2 rings (SSSR count). The number of methoxy groups -OCH3 is 1. The van der Waals surface area contributed by atoms with Crippen LogP contribution in [-0.4, -0.2) is 44.5 Å². The maximum Gasteiger partial charge on any atom is 0.241 e. The minimum Gasteiger partial charge on any atom is -0.380 e. The molecule has 0 radical (unpaired) electrons. The first-order valence-electron chi connectivity index (χ1n) is 12.2. The highest BCUT2D eigenvalue weighted by Gasteiger charge is 2.22. The fourth-order valence-electron chi connectivity index (χ4n) is 3.53. The van der Waals surface area contributed by atoms with Crippen LogP contribution in [0.1, 0.15) is 50.8 Å². The van der Waals surface area contributed by atoms with Crippen LogP contribution in [0.3, 0.4) is 0 Å². The van der Waals surface area contributed by atoms with E-state index in [0.29, 0.717) is 37.8 Å². The Balaban J connectivity index is 0.00000326. The van der Waals surface area contributed by atoms with Crippen LogP contribution in [0, 0.1) is 24.5 Å². The van der Waals surface area contributed by atoms with Crippen LogP contribution in [0.2, 0.25) is 5.02 Å². The summed E-state index contributed by atoms with van der Waals surface area (Å²) in [5, 5.41) is 5.47. The molecule has 1 atom stereocenters. The third kappa shape index (κ3) is 10.9. The van der Waals surface area contributed by atoms with Gasteiger partial charge in [-0.15, -0.1) is 12.8 Å². The fourth-order valence-corrected chi connectivity index (χ4v) is 3.69. The van der Waals surface area contributed by atoms with E-state index in [1.54, 1.807) is 30.1 Å². The summed E-state index contributed by atoms with van der Waals surface area (Å²) in [5.41, 5.74) is 1.75. The van der Waals surface area contributed by atoms with E-state index in [2.05, 4.69) is 23.5 Å². The quantitative estimate of drug-likeness (QED) is 0.233. The van der Waals surface area contributed by atoms with Crippen LogP contribution in [0.15, 0.2) is 48.2 Å². The highest BCUT2D eigenvalue weighted by molar-refractivity contribution is 6.30. The lowest BCUT2D eigenvalue weighted by Gasteiger charge is -2.22. The number of allylic oxidation sites excluding steroid dienone is 2. The van der Waals surface area contributed by atoms with E-state index < -0.39 is 11.9 Å². The number of nitrogens with one attached hydrogen (secondary N) is 2. The zero-order chi connectivity index (χ0) is 29.1. The van der Waals surface area contributed by atoms with Gasteiger partial charge in [0.1, 0.15) is 11.6 Å². The molecule has 0 aliphatic carbocycles. The number of hydrogen-bond acceptors (Lipinski definition) is 4. The van der Waals surface area contributed by atoms with Crippen molar-refractivity contribution < 1.29 is 23.1 Å². The number of hydrogen-bond donors (Lipinski definition) is 2. The van der Waals surface area contributed by atoms with Crippen molar-refractivity contribution in [1.29, 1.82) is 0 Å². The first kappa shape index (κ1) is 34.6. The average Bonchev–Trinajstić information content (AvgIpc) is 2.94. The molecule has 0 saturated heterocycles. The van der Waals surface area contributed by atoms with Gasteiger partial charge in [-0.3, -0.25) is 9.59 Å². The van der Waals surface area contributed by atoms with Crippen molar-refractivity contribution in [2.45, 2.75) is 46.1 Å². The summed E-state index contributed by atoms with van der Waals surface area (Å²) < 4.78 is 34.0. The van der Waals surface area contributed by atoms with Crippen molar-refractivity contribution in [2.75, 3.05) is 32.6 Å². The van der Waals surface area contributed by atoms with Crippen molar-refractivity contribution in [3.63, 3.8) is 0 Å². The molecule has 2 aromatic carbocycles. The van der Waals surface area contributed by atoms with Crippen LogP contribution in [0.4, 0.5) is 14.5 Å². The number of benzene rings is 2. The molecule has 208 valence electrons. The molecule has 0 saturated carbocycles. The van der Waals surface area contributed by atoms with E-state index in [1.807, 2.05) is 26.8 Å². The number of anilines is 1. The first-order valence-corrected chi connectivity index (χ1v) is 12.6. The van der Waals surface area contributed by atoms with Gasteiger partial charge in [0, 0.05) is 44.1 Å². The van der Waals surface area contributed by atoms with Gasteiger partial charge in [0.2, 0.25) is 12.3 Å². The van der Waals surface area contributed by atoms with Gasteiger partial charge in [0.25, 0.3) is 0 Å². The van der Waals surface area contributed by atoms with Gasteiger partial charge in [-0.05, 0) is 43.5 Å². The summed E-state index contributed by atoms with van der Waals surface area (Å²) in [4.78, 5) is 25.0. The smallest absolute Gasteiger partial charge is 0.241 e. The summed E-state index contributed by atoms with van der Waals surface area (Å²) in [5.74, 6) is -1.08. The molecule has 38 heavy (non-hydrogen) atoms. The van der Waals surface area contributed by atoms with Crippen LogP contribution < -0.4 is 10.6 Å². The predicted molar refractivity (Wildman–Crippen MR) is 151 cm³/mol. The number of carbonyl (C=O) groups excluding carboxylic acids is 2. The van der Waals surface area contributed by atoms with Crippen molar-refractivity contribution >= 4 is 29.6 Å². The Bertz CT molecular complexity index is 1060. The molecule has 2 amide bonds. The lowest BCUT2D eigenvalue weighted by Crippen LogP contribution is -2.36. The minimum absolute atomic E-state index is 0.0641. The first-order chi connectivity index (χ1) is 18.3. The third-order valence-electron chi connectivity index (χ3n) is 5.49. The number of amides is 2. The van der Waals surface area contributed by atoms with Crippen LogP contribution in [-0.2, 0) is 20.7 Å². The number of nitrogens with zero attached hydrogens (tertiary/aromatic N) is 1. The van der Waals surface area contributed by atoms with E-state index in [4.69, 9.17) is 16.3 Å². The van der Waals surface area contributed by atoms with E-state index >= 15 is 0 Å². The summed E-state index contributed by atoms with van der Waals surface area (Å²) >= 11 is 5.91. The number of ether oxygens (including phenoxy) is 1. The molecular formula is C29H38ClF2N3O3. The maximum atomic E-state index is 14.7. The molecule has 0 bridgehead atoms. The van der Waals surface area contributed by atoms with Gasteiger partial charge in [0.15, 0.2) is 0 Å². The van der Waals surface area contributed by atoms with E-state index in [9.17, 15) is 18.4 Å². The number of rotatable bonds is 13. The topological polar surface area (TPSA) is 70.7 Å². The fraction of sp³-hybridized carbons (Fsp3) is 0.379. The molecule has 2 N–H and O–H groups in total. The molecule has 0 aliphatic rings. The molecule has 0 fully saturated rings. The maximum absolute atomic E-state index is 14.7. The molecule has 6 nitrogen and oxygen atoms in total. The summed E-state index contributed by atoms with van der Waals surface area (Å²) in [7, 11) is 3.13. The second-order valence-corrected chi connectivity index (χ2v) is 8.11. The highest BCUT2D eigenvalue weighted by Crippen LogP contribution is 2.34. The van der Waals surface area contributed by atoms with Gasteiger partial charge in [-0.1, -0.05) is 49.7 Å². The standard InChI is InChI=1S/C25H30ClF2N3O3.C2H6.C2H2/c1-4-18(14-17-8-5-6-9-20(17)27)29-15-23(33)31(2)13-7-10-22(34-3)24-21(30-16-32)12-11-19(26)25(24)28;2*1-2/h4-6,8-9,11-12,16,22,29H,7,10,13-15H2,1-3H3,(H,30,32);1-2H3;1-2H/b18-4-;;. The number of carbonyl (C=O) groups is 2. The molecule has 0 heterocycles. The van der Waals surface area contributed by atoms with Crippen LogP contribution in [0.25, 0.3) is 0 Å². The largest absolute Gasteiger partial charge is 0.380 e. The summed E-state index contributed by atoms with van der Waals surface area (Å²) in [6, 6.07) is 9.40. The number of halogens is 3. The highest BCUT2D eigenvalue weighted by atomic mass is 35.5. The molecule has 9 heteroatoms. The van der Waals surface area contributed by atoms with Gasteiger partial charge in [0.05, 0.1) is 17.7 Å². The second kappa shape index (κ2) is 19.7. The van der Waals surface area contributed by atoms with Crippen LogP contribution in [0.5, 0.6) is 0 Å². The Morgan fingerprint density at radius 3 is 2.42 bits per heavy atom. The zero-order valence-electron chi connectivity index (χ0n) is 22.7. The SMILES string of the molecule is C#C.C/C=C(/Cc1ccccc1F)NCC(=O)N(C)CCCC(OC)c1c(NC=O)ccc(Cl)c1F.CC. The van der Waals surface area contributed by atoms with Crippen molar-refractivity contribution in [1.82, 2.24) is 10.2 Å². The van der Waals surface area contributed by atoms with Crippen LogP contribution >= 0.6 is 11.6 Å². The zero-order valence-corrected chi connectivity index (χ0v) is 23.4. The van der Waals surface area contributed by atoms with Crippen molar-refractivity contribution in [3.05, 3.63) is 76.0 Å². The van der Waals surface area contributed by atoms with E-state index in [1.165, 1.54) is 25.3 Å². The molecule has 1 unspecified atom stereocenters. The van der Waals surface area contributed by atoms with E-state index in [-0.39, 0.29) is 34.5 Å². The monoisotopic (exact) mass is 549 g/mol. The normalized spacial score (nSPS) is 11.2. The molecular weight excluding hydrogens is 512 g/mol. The Hall–Kier alpha value is -3.41. The van der Waals surface area contributed by atoms with E-state index in [0.717, 1.165) is 5.70 Å². The third-order valence-corrected chi connectivity index (χ3v) is 5.78. The molecule has 0 spiro atoms. The number of likely N-dealkylation sites (N-methyl/N-ethyl adjacent to an activating group) is 1. The predicted octanol–water partition coefficient (Wildman–Crippen LogP) is 6.12. The lowest BCUT2D eigenvalue weighted by atomic mass is 10.0. The molecule has 0 aromatic heterocycles. The Kier molecular flexibility index (Phi) is 17.9. The van der Waals surface area contributed by atoms with Gasteiger partial charge in [-0.2, -0.15) is 0 Å². The lowest BCUT2D eigenvalue weighted by molar-refractivity contribution is -0.129. The Morgan fingerprint density at radius 2 is 1.84 bits per heavy atom. The molecule has 0 aliphatic heterocycles. The van der Waals surface area contributed by atoms with Crippen molar-refractivity contribution in [2.24, 2.45) is 0 Å². The van der Waals surface area contributed by atoms with Crippen molar-refractivity contribution in [3.8, 4) is 12.8 Å². The molecule has 2 aromatic rings.